The van der Waals surface area contributed by atoms with Crippen LogP contribution >= 0.6 is 24.0 Å². The van der Waals surface area contributed by atoms with Gasteiger partial charge in [-0.05, 0) is 36.8 Å². The number of aliphatic imine (C=N–C) groups is 1. The lowest BCUT2D eigenvalue weighted by molar-refractivity contribution is 0.299. The molecule has 4 rings (SSSR count). The fraction of sp³-hybridized carbons (Fsp3) is 0.500. The van der Waals surface area contributed by atoms with Crippen LogP contribution in [-0.4, -0.2) is 40.8 Å². The van der Waals surface area contributed by atoms with Gasteiger partial charge in [0.25, 0.3) is 0 Å². The Morgan fingerprint density at radius 2 is 1.85 bits per heavy atom. The van der Waals surface area contributed by atoms with E-state index in [1.807, 2.05) is 36.1 Å². The van der Waals surface area contributed by atoms with Gasteiger partial charge in [-0.15, -0.1) is 24.0 Å². The van der Waals surface area contributed by atoms with E-state index in [2.05, 4.69) is 38.6 Å². The number of aromatic nitrogens is 2. The van der Waals surface area contributed by atoms with Gasteiger partial charge in [0.2, 0.25) is 0 Å². The minimum atomic E-state index is 0. The number of benzene rings is 1. The van der Waals surface area contributed by atoms with E-state index in [9.17, 15) is 0 Å². The first kappa shape index (κ1) is 19.2. The highest BCUT2D eigenvalue weighted by Gasteiger charge is 2.35. The van der Waals surface area contributed by atoms with Crippen molar-refractivity contribution in [1.82, 2.24) is 20.0 Å². The molecule has 1 saturated heterocycles. The molecule has 1 aromatic heterocycles. The molecule has 1 N–H and O–H groups in total. The molecule has 2 aliphatic rings. The van der Waals surface area contributed by atoms with Crippen molar-refractivity contribution in [3.63, 3.8) is 0 Å². The number of rotatable bonds is 3. The number of likely N-dealkylation sites (tertiary alicyclic amines) is 1. The number of para-hydroxylation sites is 1. The number of guanidine groups is 1. The monoisotopic (exact) mass is 465 g/mol. The molecule has 6 heteroatoms. The third kappa shape index (κ3) is 4.22. The Bertz CT molecular complexity index is 713. The minimum Gasteiger partial charge on any atom is -0.352 e. The second-order valence-electron chi connectivity index (χ2n) is 7.24. The smallest absolute Gasteiger partial charge is 0.193 e. The predicted molar refractivity (Wildman–Crippen MR) is 116 cm³/mol. The lowest BCUT2D eigenvalue weighted by atomic mass is 9.82. The summed E-state index contributed by atoms with van der Waals surface area (Å²) in [6.45, 7) is 3.08. The summed E-state index contributed by atoms with van der Waals surface area (Å²) in [5, 5.41) is 7.99. The van der Waals surface area contributed by atoms with Gasteiger partial charge in [-0.1, -0.05) is 31.0 Å². The minimum absolute atomic E-state index is 0. The van der Waals surface area contributed by atoms with Gasteiger partial charge < -0.3 is 10.2 Å². The third-order valence-corrected chi connectivity index (χ3v) is 5.60. The van der Waals surface area contributed by atoms with Crippen LogP contribution in [0.3, 0.4) is 0 Å². The molecule has 5 nitrogen and oxygen atoms in total. The molecule has 0 bridgehead atoms. The molecule has 2 aromatic rings. The fourth-order valence-electron chi connectivity index (χ4n) is 4.27. The Hall–Kier alpha value is -1.57. The normalized spacial score (nSPS) is 22.7. The molecule has 2 heterocycles. The molecule has 140 valence electrons. The SMILES string of the molecule is CN=C(NCc1cnn(-c2ccccc2)c1)N1CC2CCCCC2C1.I. The van der Waals surface area contributed by atoms with Gasteiger partial charge in [-0.2, -0.15) is 5.10 Å². The van der Waals surface area contributed by atoms with Crippen LogP contribution in [-0.2, 0) is 6.54 Å². The molecule has 1 saturated carbocycles. The first-order valence-electron chi connectivity index (χ1n) is 9.38. The van der Waals surface area contributed by atoms with Gasteiger partial charge in [0.1, 0.15) is 0 Å². The van der Waals surface area contributed by atoms with Crippen molar-refractivity contribution in [2.24, 2.45) is 16.8 Å². The van der Waals surface area contributed by atoms with Crippen molar-refractivity contribution >= 4 is 29.9 Å². The summed E-state index contributed by atoms with van der Waals surface area (Å²) in [4.78, 5) is 6.96. The summed E-state index contributed by atoms with van der Waals surface area (Å²) in [6.07, 6.45) is 9.60. The van der Waals surface area contributed by atoms with E-state index in [1.54, 1.807) is 0 Å². The largest absolute Gasteiger partial charge is 0.352 e. The lowest BCUT2D eigenvalue weighted by Crippen LogP contribution is -2.39. The molecular formula is C20H28IN5. The van der Waals surface area contributed by atoms with Crippen molar-refractivity contribution in [2.75, 3.05) is 20.1 Å². The fourth-order valence-corrected chi connectivity index (χ4v) is 4.27. The van der Waals surface area contributed by atoms with Crippen LogP contribution in [0.4, 0.5) is 0 Å². The molecule has 2 fully saturated rings. The molecule has 2 unspecified atom stereocenters. The summed E-state index contributed by atoms with van der Waals surface area (Å²) >= 11 is 0. The van der Waals surface area contributed by atoms with Crippen LogP contribution in [0.2, 0.25) is 0 Å². The zero-order valence-corrected chi connectivity index (χ0v) is 17.7. The second kappa shape index (κ2) is 8.88. The Morgan fingerprint density at radius 1 is 1.15 bits per heavy atom. The maximum absolute atomic E-state index is 4.51. The molecule has 1 aliphatic heterocycles. The van der Waals surface area contributed by atoms with Crippen molar-refractivity contribution in [1.29, 1.82) is 0 Å². The first-order valence-corrected chi connectivity index (χ1v) is 9.38. The quantitative estimate of drug-likeness (QED) is 0.428. The van der Waals surface area contributed by atoms with Gasteiger partial charge in [0.05, 0.1) is 11.9 Å². The molecular weight excluding hydrogens is 437 g/mol. The van der Waals surface area contributed by atoms with E-state index in [0.717, 1.165) is 43.1 Å². The highest BCUT2D eigenvalue weighted by molar-refractivity contribution is 14.0. The zero-order chi connectivity index (χ0) is 17.1. The average Bonchev–Trinajstić information content (AvgIpc) is 3.30. The predicted octanol–water partition coefficient (Wildman–Crippen LogP) is 3.69. The standard InChI is InChI=1S/C20H27N5.HI/c1-21-20(24-14-17-7-5-6-8-18(17)15-24)22-11-16-12-23-25(13-16)19-9-3-2-4-10-19;/h2-4,9-10,12-13,17-18H,5-8,11,14-15H2,1H3,(H,21,22);1H. The molecule has 0 amide bonds. The number of halogens is 1. The van der Waals surface area contributed by atoms with Gasteiger partial charge in [0.15, 0.2) is 5.96 Å². The van der Waals surface area contributed by atoms with Gasteiger partial charge in [-0.25, -0.2) is 4.68 Å². The number of nitrogens with zero attached hydrogens (tertiary/aromatic N) is 4. The van der Waals surface area contributed by atoms with Crippen molar-refractivity contribution in [2.45, 2.75) is 32.2 Å². The molecule has 0 radical (unpaired) electrons. The third-order valence-electron chi connectivity index (χ3n) is 5.60. The summed E-state index contributed by atoms with van der Waals surface area (Å²) in [6, 6.07) is 10.2. The van der Waals surface area contributed by atoms with E-state index >= 15 is 0 Å². The first-order chi connectivity index (χ1) is 12.3. The summed E-state index contributed by atoms with van der Waals surface area (Å²) in [7, 11) is 1.89. The molecule has 1 aromatic carbocycles. The second-order valence-corrected chi connectivity index (χ2v) is 7.24. The Kier molecular flexibility index (Phi) is 6.56. The van der Waals surface area contributed by atoms with Gasteiger partial charge >= 0.3 is 0 Å². The maximum Gasteiger partial charge on any atom is 0.193 e. The van der Waals surface area contributed by atoms with Crippen LogP contribution in [0.5, 0.6) is 0 Å². The Balaban J connectivity index is 0.00000196. The lowest BCUT2D eigenvalue weighted by Gasteiger charge is -2.22. The van der Waals surface area contributed by atoms with Crippen LogP contribution < -0.4 is 5.32 Å². The van der Waals surface area contributed by atoms with Crippen LogP contribution in [0, 0.1) is 11.8 Å². The summed E-state index contributed by atoms with van der Waals surface area (Å²) in [5.41, 5.74) is 2.25. The Labute approximate surface area is 172 Å². The van der Waals surface area contributed by atoms with Gasteiger partial charge in [0, 0.05) is 38.4 Å². The maximum atomic E-state index is 4.51. The average molecular weight is 465 g/mol. The molecule has 1 aliphatic carbocycles. The van der Waals surface area contributed by atoms with Crippen molar-refractivity contribution < 1.29 is 0 Å². The molecule has 26 heavy (non-hydrogen) atoms. The van der Waals surface area contributed by atoms with E-state index < -0.39 is 0 Å². The Morgan fingerprint density at radius 3 is 2.50 bits per heavy atom. The number of hydrogen-bond donors (Lipinski definition) is 1. The number of nitrogens with one attached hydrogen (secondary N) is 1. The number of fused-ring (bicyclic) bond motifs is 1. The summed E-state index contributed by atoms with van der Waals surface area (Å²) in [5.74, 6) is 2.77. The van der Waals surface area contributed by atoms with E-state index in [0.29, 0.717) is 0 Å². The van der Waals surface area contributed by atoms with Crippen molar-refractivity contribution in [3.05, 3.63) is 48.3 Å². The topological polar surface area (TPSA) is 45.5 Å². The van der Waals surface area contributed by atoms with Crippen LogP contribution in [0.15, 0.2) is 47.7 Å². The van der Waals surface area contributed by atoms with Crippen LogP contribution in [0.1, 0.15) is 31.2 Å². The number of hydrogen-bond acceptors (Lipinski definition) is 2. The van der Waals surface area contributed by atoms with Crippen LogP contribution in [0.25, 0.3) is 5.69 Å². The highest BCUT2D eigenvalue weighted by Crippen LogP contribution is 2.35. The van der Waals surface area contributed by atoms with Gasteiger partial charge in [-0.3, -0.25) is 4.99 Å². The zero-order valence-electron chi connectivity index (χ0n) is 15.3. The summed E-state index contributed by atoms with van der Waals surface area (Å²) < 4.78 is 1.92. The highest BCUT2D eigenvalue weighted by atomic mass is 127. The van der Waals surface area contributed by atoms with Crippen molar-refractivity contribution in [3.8, 4) is 5.69 Å². The van der Waals surface area contributed by atoms with E-state index in [4.69, 9.17) is 0 Å². The van der Waals surface area contributed by atoms with E-state index in [-0.39, 0.29) is 24.0 Å². The molecule has 0 spiro atoms. The van der Waals surface area contributed by atoms with E-state index in [1.165, 1.54) is 31.2 Å². The molecule has 2 atom stereocenters.